The van der Waals surface area contributed by atoms with Gasteiger partial charge >= 0.3 is 11.9 Å². The SMILES string of the molecule is NCCn1ccc2cc(Cl)ccc21.O=C(O)C=CC(=O)O. The van der Waals surface area contributed by atoms with Crippen LogP contribution in [0.4, 0.5) is 0 Å². The predicted molar refractivity (Wildman–Crippen MR) is 80.4 cm³/mol. The van der Waals surface area contributed by atoms with Crippen molar-refractivity contribution in [3.8, 4) is 0 Å². The lowest BCUT2D eigenvalue weighted by Crippen LogP contribution is -2.08. The fourth-order valence-electron chi connectivity index (χ4n) is 1.65. The van der Waals surface area contributed by atoms with Crippen LogP contribution in [-0.4, -0.2) is 33.3 Å². The summed E-state index contributed by atoms with van der Waals surface area (Å²) in [5, 5.41) is 17.6. The second kappa shape index (κ2) is 8.08. The van der Waals surface area contributed by atoms with E-state index < -0.39 is 11.9 Å². The van der Waals surface area contributed by atoms with Crippen LogP contribution >= 0.6 is 11.6 Å². The molecule has 112 valence electrons. The second-order valence-electron chi connectivity index (χ2n) is 4.01. The van der Waals surface area contributed by atoms with Crippen molar-refractivity contribution in [3.05, 3.63) is 47.6 Å². The first-order valence-electron chi connectivity index (χ1n) is 6.02. The van der Waals surface area contributed by atoms with E-state index in [1.807, 2.05) is 24.4 Å². The van der Waals surface area contributed by atoms with Crippen LogP contribution in [0.2, 0.25) is 5.02 Å². The molecule has 0 spiro atoms. The van der Waals surface area contributed by atoms with E-state index in [-0.39, 0.29) is 0 Å². The van der Waals surface area contributed by atoms with Gasteiger partial charge in [-0.05, 0) is 24.3 Å². The van der Waals surface area contributed by atoms with Crippen molar-refractivity contribution in [1.29, 1.82) is 0 Å². The minimum Gasteiger partial charge on any atom is -0.478 e. The summed E-state index contributed by atoms with van der Waals surface area (Å²) < 4.78 is 2.13. The number of rotatable bonds is 4. The van der Waals surface area contributed by atoms with Gasteiger partial charge in [0, 0.05) is 47.4 Å². The number of halogens is 1. The second-order valence-corrected chi connectivity index (χ2v) is 4.45. The highest BCUT2D eigenvalue weighted by atomic mass is 35.5. The molecular weight excluding hydrogens is 296 g/mol. The number of carboxylic acids is 2. The fraction of sp³-hybridized carbons (Fsp3) is 0.143. The average molecular weight is 311 g/mol. The Kier molecular flexibility index (Phi) is 6.45. The number of carbonyl (C=O) groups is 2. The number of nitrogens with zero attached hydrogens (tertiary/aromatic N) is 1. The lowest BCUT2D eigenvalue weighted by molar-refractivity contribution is -0.134. The molecule has 0 aliphatic rings. The Morgan fingerprint density at radius 1 is 1.19 bits per heavy atom. The highest BCUT2D eigenvalue weighted by Gasteiger charge is 1.99. The van der Waals surface area contributed by atoms with E-state index in [0.717, 1.165) is 11.6 Å². The number of hydrogen-bond acceptors (Lipinski definition) is 3. The number of aromatic nitrogens is 1. The number of carboxylic acid groups (broad SMARTS) is 2. The zero-order valence-corrected chi connectivity index (χ0v) is 11.8. The van der Waals surface area contributed by atoms with Crippen LogP contribution in [0.15, 0.2) is 42.6 Å². The van der Waals surface area contributed by atoms with Crippen molar-refractivity contribution < 1.29 is 19.8 Å². The standard InChI is InChI=1S/C10H11ClN2.C4H4O4/c11-9-1-2-10-8(7-9)3-5-13(10)6-4-12;5-3(6)1-2-4(7)8/h1-3,5,7H,4,6,12H2;1-2H,(H,5,6)(H,7,8). The molecule has 7 heteroatoms. The van der Waals surface area contributed by atoms with Crippen LogP contribution in [-0.2, 0) is 16.1 Å². The molecule has 0 radical (unpaired) electrons. The van der Waals surface area contributed by atoms with Gasteiger partial charge in [-0.2, -0.15) is 0 Å². The van der Waals surface area contributed by atoms with Gasteiger partial charge in [0.05, 0.1) is 0 Å². The third kappa shape index (κ3) is 5.68. The molecule has 2 aromatic rings. The van der Waals surface area contributed by atoms with Gasteiger partial charge in [0.2, 0.25) is 0 Å². The summed E-state index contributed by atoms with van der Waals surface area (Å²) in [6.07, 6.45) is 3.15. The Morgan fingerprint density at radius 2 is 1.81 bits per heavy atom. The average Bonchev–Trinajstić information content (AvgIpc) is 2.80. The lowest BCUT2D eigenvalue weighted by atomic mass is 10.2. The third-order valence-corrected chi connectivity index (χ3v) is 2.71. The van der Waals surface area contributed by atoms with Crippen LogP contribution in [0.25, 0.3) is 10.9 Å². The molecule has 0 saturated heterocycles. The molecule has 0 bridgehead atoms. The largest absolute Gasteiger partial charge is 0.478 e. The number of aliphatic carboxylic acids is 2. The van der Waals surface area contributed by atoms with Gasteiger partial charge in [0.1, 0.15) is 0 Å². The Balaban J connectivity index is 0.000000240. The van der Waals surface area contributed by atoms with E-state index in [1.165, 1.54) is 10.9 Å². The zero-order valence-electron chi connectivity index (χ0n) is 11.1. The van der Waals surface area contributed by atoms with E-state index in [2.05, 4.69) is 10.6 Å². The summed E-state index contributed by atoms with van der Waals surface area (Å²) in [5.74, 6) is -2.51. The van der Waals surface area contributed by atoms with Crippen molar-refractivity contribution in [2.75, 3.05) is 6.54 Å². The summed E-state index contributed by atoms with van der Waals surface area (Å²) in [5.41, 5.74) is 6.68. The molecule has 0 fully saturated rings. The Bertz CT molecular complexity index is 648. The number of hydrogen-bond donors (Lipinski definition) is 3. The molecule has 1 aromatic carbocycles. The van der Waals surface area contributed by atoms with Gasteiger partial charge < -0.3 is 20.5 Å². The minimum atomic E-state index is -1.26. The summed E-state index contributed by atoms with van der Waals surface area (Å²) in [4.78, 5) is 19.1. The number of benzene rings is 1. The normalized spacial score (nSPS) is 10.4. The van der Waals surface area contributed by atoms with E-state index >= 15 is 0 Å². The molecule has 4 N–H and O–H groups in total. The van der Waals surface area contributed by atoms with Gasteiger partial charge in [-0.3, -0.25) is 0 Å². The van der Waals surface area contributed by atoms with E-state index in [1.54, 1.807) is 0 Å². The van der Waals surface area contributed by atoms with Gasteiger partial charge in [0.25, 0.3) is 0 Å². The van der Waals surface area contributed by atoms with E-state index in [4.69, 9.17) is 27.5 Å². The molecule has 1 heterocycles. The molecular formula is C14H15ClN2O4. The summed E-state index contributed by atoms with van der Waals surface area (Å²) in [7, 11) is 0. The maximum absolute atomic E-state index is 9.55. The molecule has 0 atom stereocenters. The molecule has 0 aliphatic heterocycles. The Labute approximate surface area is 126 Å². The zero-order chi connectivity index (χ0) is 15.8. The molecule has 0 aliphatic carbocycles. The molecule has 6 nitrogen and oxygen atoms in total. The maximum Gasteiger partial charge on any atom is 0.328 e. The van der Waals surface area contributed by atoms with E-state index in [9.17, 15) is 9.59 Å². The van der Waals surface area contributed by atoms with Gasteiger partial charge in [0.15, 0.2) is 0 Å². The number of nitrogens with two attached hydrogens (primary N) is 1. The first kappa shape index (κ1) is 16.7. The van der Waals surface area contributed by atoms with Gasteiger partial charge in [-0.25, -0.2) is 9.59 Å². The maximum atomic E-state index is 9.55. The fourth-order valence-corrected chi connectivity index (χ4v) is 1.83. The van der Waals surface area contributed by atoms with Crippen LogP contribution < -0.4 is 5.73 Å². The molecule has 0 saturated carbocycles. The minimum absolute atomic E-state index is 0.558. The highest BCUT2D eigenvalue weighted by molar-refractivity contribution is 6.31. The smallest absolute Gasteiger partial charge is 0.328 e. The van der Waals surface area contributed by atoms with Crippen LogP contribution in [0.5, 0.6) is 0 Å². The highest BCUT2D eigenvalue weighted by Crippen LogP contribution is 2.20. The van der Waals surface area contributed by atoms with Crippen molar-refractivity contribution in [3.63, 3.8) is 0 Å². The Morgan fingerprint density at radius 3 is 2.33 bits per heavy atom. The summed E-state index contributed by atoms with van der Waals surface area (Å²) in [6.45, 7) is 1.51. The summed E-state index contributed by atoms with van der Waals surface area (Å²) >= 11 is 5.87. The molecule has 0 amide bonds. The van der Waals surface area contributed by atoms with Crippen molar-refractivity contribution in [1.82, 2.24) is 4.57 Å². The van der Waals surface area contributed by atoms with Crippen LogP contribution in [0.3, 0.4) is 0 Å². The molecule has 0 unspecified atom stereocenters. The topological polar surface area (TPSA) is 106 Å². The first-order chi connectivity index (χ1) is 9.93. The van der Waals surface area contributed by atoms with Crippen LogP contribution in [0.1, 0.15) is 0 Å². The first-order valence-corrected chi connectivity index (χ1v) is 6.40. The van der Waals surface area contributed by atoms with Crippen molar-refractivity contribution >= 4 is 34.4 Å². The van der Waals surface area contributed by atoms with Gasteiger partial charge in [-0.1, -0.05) is 11.6 Å². The third-order valence-electron chi connectivity index (χ3n) is 2.47. The van der Waals surface area contributed by atoms with Crippen LogP contribution in [0, 0.1) is 0 Å². The van der Waals surface area contributed by atoms with E-state index in [0.29, 0.717) is 18.7 Å². The molecule has 2 rings (SSSR count). The summed E-state index contributed by atoms with van der Waals surface area (Å²) in [6, 6.07) is 7.94. The quantitative estimate of drug-likeness (QED) is 0.749. The lowest BCUT2D eigenvalue weighted by Gasteiger charge is -2.01. The van der Waals surface area contributed by atoms with Gasteiger partial charge in [-0.15, -0.1) is 0 Å². The predicted octanol–water partition coefficient (Wildman–Crippen LogP) is 1.97. The van der Waals surface area contributed by atoms with Crippen molar-refractivity contribution in [2.24, 2.45) is 5.73 Å². The monoisotopic (exact) mass is 310 g/mol. The molecule has 21 heavy (non-hydrogen) atoms. The van der Waals surface area contributed by atoms with Crippen molar-refractivity contribution in [2.45, 2.75) is 6.54 Å². The number of fused-ring (bicyclic) bond motifs is 1. The Hall–Kier alpha value is -2.31. The molecule has 1 aromatic heterocycles.